The Balaban J connectivity index is 1.86. The predicted molar refractivity (Wildman–Crippen MR) is 146 cm³/mol. The molecular weight excluding hydrogens is 460 g/mol. The van der Waals surface area contributed by atoms with E-state index >= 15 is 0 Å². The molecule has 1 aliphatic carbocycles. The highest BCUT2D eigenvalue weighted by Gasteiger charge is 2.58. The van der Waals surface area contributed by atoms with Crippen LogP contribution in [0.25, 0.3) is 0 Å². The molecule has 4 nitrogen and oxygen atoms in total. The lowest BCUT2D eigenvalue weighted by molar-refractivity contribution is -0.145. The van der Waals surface area contributed by atoms with Crippen molar-refractivity contribution in [3.05, 3.63) is 94.0 Å². The van der Waals surface area contributed by atoms with E-state index in [0.717, 1.165) is 34.2 Å². The number of phenols is 1. The van der Waals surface area contributed by atoms with Crippen LogP contribution in [0.3, 0.4) is 0 Å². The van der Waals surface area contributed by atoms with E-state index in [1.165, 1.54) is 0 Å². The number of fused-ring (bicyclic) bond motifs is 2. The molecule has 3 aromatic carbocycles. The van der Waals surface area contributed by atoms with Gasteiger partial charge in [-0.15, -0.1) is 0 Å². The third-order valence-corrected chi connectivity index (χ3v) is 8.06. The standard InChI is InChI=1S/C33H36O4/c1-31(2,3)24-18-21(19-25(28(24)34)32(4,5)6)27-23-15-9-10-16-26(23)37-30(36)33(27)17-11-13-20-12-7-8-14-22(20)29(33)35/h7-10,12,14-16,18-19,27,34H,11,13,17H2,1-6H3/t27-,33-/m0/s1. The maximum atomic E-state index is 14.5. The van der Waals surface area contributed by atoms with Gasteiger partial charge in [-0.25, -0.2) is 0 Å². The Morgan fingerprint density at radius 2 is 1.46 bits per heavy atom. The number of carbonyl (C=O) groups excluding carboxylic acids is 2. The highest BCUT2D eigenvalue weighted by Crippen LogP contribution is 2.56. The minimum atomic E-state index is -1.39. The van der Waals surface area contributed by atoms with Crippen molar-refractivity contribution in [1.29, 1.82) is 0 Å². The molecule has 1 heterocycles. The first-order valence-corrected chi connectivity index (χ1v) is 13.2. The number of ether oxygens (including phenoxy) is 1. The summed E-state index contributed by atoms with van der Waals surface area (Å²) in [6.45, 7) is 12.4. The Morgan fingerprint density at radius 3 is 2.11 bits per heavy atom. The average Bonchev–Trinajstić information content (AvgIpc) is 2.96. The van der Waals surface area contributed by atoms with Crippen LogP contribution in [0.4, 0.5) is 0 Å². The Kier molecular flexibility index (Phi) is 5.86. The Bertz CT molecular complexity index is 1370. The number of Topliss-reactive ketones (excluding diaryl/α,β-unsaturated/α-hetero) is 1. The molecule has 4 heteroatoms. The van der Waals surface area contributed by atoms with E-state index in [-0.39, 0.29) is 22.4 Å². The van der Waals surface area contributed by atoms with Crippen molar-refractivity contribution in [2.75, 3.05) is 0 Å². The summed E-state index contributed by atoms with van der Waals surface area (Å²) in [4.78, 5) is 28.5. The van der Waals surface area contributed by atoms with Crippen molar-refractivity contribution in [2.24, 2.45) is 5.41 Å². The van der Waals surface area contributed by atoms with Crippen molar-refractivity contribution < 1.29 is 19.4 Å². The first-order chi connectivity index (χ1) is 17.4. The minimum Gasteiger partial charge on any atom is -0.507 e. The normalized spacial score (nSPS) is 21.7. The maximum Gasteiger partial charge on any atom is 0.326 e. The van der Waals surface area contributed by atoms with Gasteiger partial charge < -0.3 is 9.84 Å². The first-order valence-electron chi connectivity index (χ1n) is 13.2. The van der Waals surface area contributed by atoms with E-state index in [2.05, 4.69) is 41.5 Å². The summed E-state index contributed by atoms with van der Waals surface area (Å²) in [6, 6.07) is 19.2. The van der Waals surface area contributed by atoms with E-state index in [1.807, 2.05) is 54.6 Å². The lowest BCUT2D eigenvalue weighted by Gasteiger charge is -2.42. The summed E-state index contributed by atoms with van der Waals surface area (Å²) in [5.74, 6) is -0.419. The molecule has 0 fully saturated rings. The van der Waals surface area contributed by atoms with Gasteiger partial charge in [-0.3, -0.25) is 9.59 Å². The molecule has 37 heavy (non-hydrogen) atoms. The molecule has 1 aliphatic heterocycles. The number of rotatable bonds is 1. The van der Waals surface area contributed by atoms with E-state index < -0.39 is 17.3 Å². The second kappa shape index (κ2) is 8.58. The molecule has 2 atom stereocenters. The van der Waals surface area contributed by atoms with Gasteiger partial charge in [0.05, 0.1) is 0 Å². The molecular formula is C33H36O4. The second-order valence-corrected chi connectivity index (χ2v) is 12.6. The van der Waals surface area contributed by atoms with Crippen molar-refractivity contribution in [3.63, 3.8) is 0 Å². The van der Waals surface area contributed by atoms with Crippen molar-refractivity contribution >= 4 is 11.8 Å². The molecule has 1 spiro atoms. The van der Waals surface area contributed by atoms with Crippen LogP contribution in [0.5, 0.6) is 11.5 Å². The van der Waals surface area contributed by atoms with E-state index in [1.54, 1.807) is 6.07 Å². The van der Waals surface area contributed by atoms with Gasteiger partial charge in [0.2, 0.25) is 0 Å². The zero-order valence-electron chi connectivity index (χ0n) is 22.6. The van der Waals surface area contributed by atoms with E-state index in [4.69, 9.17) is 4.74 Å². The fourth-order valence-corrected chi connectivity index (χ4v) is 6.16. The number of hydrogen-bond donors (Lipinski definition) is 1. The molecule has 3 aromatic rings. The monoisotopic (exact) mass is 496 g/mol. The van der Waals surface area contributed by atoms with Gasteiger partial charge in [-0.1, -0.05) is 96.1 Å². The number of hydrogen-bond acceptors (Lipinski definition) is 4. The van der Waals surface area contributed by atoms with Gasteiger partial charge in [-0.2, -0.15) is 0 Å². The molecule has 0 saturated heterocycles. The highest BCUT2D eigenvalue weighted by atomic mass is 16.5. The quantitative estimate of drug-likeness (QED) is 0.219. The SMILES string of the molecule is CC(C)(C)c1cc([C@H]2c3ccccc3OC(=O)[C@@]23CCCc2ccccc2C3=O)cc(C(C)(C)C)c1O. The van der Waals surface area contributed by atoms with E-state index in [0.29, 0.717) is 24.2 Å². The summed E-state index contributed by atoms with van der Waals surface area (Å²) in [5, 5.41) is 11.4. The largest absolute Gasteiger partial charge is 0.507 e. The first kappa shape index (κ1) is 25.3. The molecule has 5 rings (SSSR count). The number of benzene rings is 3. The molecule has 0 saturated carbocycles. The maximum absolute atomic E-state index is 14.5. The van der Waals surface area contributed by atoms with Gasteiger partial charge in [0.25, 0.3) is 0 Å². The Hall–Kier alpha value is -3.40. The van der Waals surface area contributed by atoms with Crippen LogP contribution in [-0.4, -0.2) is 16.9 Å². The number of ketones is 1. The van der Waals surface area contributed by atoms with Crippen LogP contribution in [0.2, 0.25) is 0 Å². The lowest BCUT2D eigenvalue weighted by Crippen LogP contribution is -2.49. The summed E-state index contributed by atoms with van der Waals surface area (Å²) in [6.07, 6.45) is 1.84. The molecule has 0 amide bonds. The molecule has 0 unspecified atom stereocenters. The Morgan fingerprint density at radius 1 is 0.865 bits per heavy atom. The number of carbonyl (C=O) groups is 2. The van der Waals surface area contributed by atoms with Crippen molar-refractivity contribution in [1.82, 2.24) is 0 Å². The average molecular weight is 497 g/mol. The van der Waals surface area contributed by atoms with Crippen molar-refractivity contribution in [2.45, 2.75) is 77.6 Å². The fourth-order valence-electron chi connectivity index (χ4n) is 6.16. The smallest absolute Gasteiger partial charge is 0.326 e. The van der Waals surface area contributed by atoms with Gasteiger partial charge in [-0.05, 0) is 58.4 Å². The minimum absolute atomic E-state index is 0.173. The summed E-state index contributed by atoms with van der Waals surface area (Å²) in [5.41, 5.74) is 2.82. The summed E-state index contributed by atoms with van der Waals surface area (Å²) >= 11 is 0. The van der Waals surface area contributed by atoms with Gasteiger partial charge in [0.1, 0.15) is 16.9 Å². The molecule has 0 radical (unpaired) electrons. The molecule has 0 aromatic heterocycles. The van der Waals surface area contributed by atoms with Crippen LogP contribution >= 0.6 is 0 Å². The van der Waals surface area contributed by atoms with Crippen molar-refractivity contribution in [3.8, 4) is 11.5 Å². The third-order valence-electron chi connectivity index (χ3n) is 8.06. The van der Waals surface area contributed by atoms with Crippen LogP contribution in [-0.2, 0) is 22.0 Å². The number of phenolic OH excluding ortho intramolecular Hbond substituents is 1. The summed E-state index contributed by atoms with van der Waals surface area (Å²) in [7, 11) is 0. The van der Waals surface area contributed by atoms with Crippen LogP contribution in [0.1, 0.15) is 98.5 Å². The second-order valence-electron chi connectivity index (χ2n) is 12.6. The fraction of sp³-hybridized carbons (Fsp3) is 0.394. The summed E-state index contributed by atoms with van der Waals surface area (Å²) < 4.78 is 5.93. The third kappa shape index (κ3) is 3.98. The van der Waals surface area contributed by atoms with Gasteiger partial charge >= 0.3 is 5.97 Å². The highest BCUT2D eigenvalue weighted by molar-refractivity contribution is 6.15. The van der Waals surface area contributed by atoms with Gasteiger partial charge in [0, 0.05) is 17.0 Å². The molecule has 1 N–H and O–H groups in total. The topological polar surface area (TPSA) is 63.6 Å². The zero-order valence-corrected chi connectivity index (χ0v) is 22.6. The molecule has 2 aliphatic rings. The predicted octanol–water partition coefficient (Wildman–Crippen LogP) is 7.24. The molecule has 192 valence electrons. The lowest BCUT2D eigenvalue weighted by atomic mass is 9.61. The van der Waals surface area contributed by atoms with Crippen LogP contribution in [0.15, 0.2) is 60.7 Å². The number of esters is 1. The number of aromatic hydroxyl groups is 1. The molecule has 0 bridgehead atoms. The number of aryl methyl sites for hydroxylation is 1. The zero-order chi connectivity index (χ0) is 26.8. The number of para-hydroxylation sites is 1. The van der Waals surface area contributed by atoms with E-state index in [9.17, 15) is 14.7 Å². The Labute approximate surface area is 219 Å². The van der Waals surface area contributed by atoms with Crippen LogP contribution < -0.4 is 4.74 Å². The van der Waals surface area contributed by atoms with Crippen LogP contribution in [0, 0.1) is 5.41 Å². The van der Waals surface area contributed by atoms with Gasteiger partial charge in [0.15, 0.2) is 5.78 Å².